The molecule has 0 rings (SSSR count). The molecule has 11 heteroatoms. The van der Waals surface area contributed by atoms with Crippen molar-refractivity contribution < 1.29 is 34.8 Å². The minimum Gasteiger partial charge on any atom is -0.391 e. The van der Waals surface area contributed by atoms with E-state index in [1.807, 2.05) is 34.1 Å². The fourth-order valence-electron chi connectivity index (χ4n) is 7.51. The molecule has 406 valence electrons. The van der Waals surface area contributed by atoms with Crippen molar-refractivity contribution in [2.24, 2.45) is 0 Å². The van der Waals surface area contributed by atoms with Crippen LogP contribution < -0.4 is 0 Å². The van der Waals surface area contributed by atoms with Gasteiger partial charge in [-0.25, -0.2) is 0 Å². The molecular weight excluding hydrogens is 925 g/mol. The van der Waals surface area contributed by atoms with Crippen molar-refractivity contribution >= 4 is 39.5 Å². The molecule has 71 heavy (non-hydrogen) atoms. The van der Waals surface area contributed by atoms with E-state index in [0.717, 1.165) is 74.9 Å². The van der Waals surface area contributed by atoms with Gasteiger partial charge in [-0.2, -0.15) is 0 Å². The van der Waals surface area contributed by atoms with Gasteiger partial charge in [-0.1, -0.05) is 200 Å². The van der Waals surface area contributed by atoms with Gasteiger partial charge in [0.25, 0.3) is 5.12 Å². The summed E-state index contributed by atoms with van der Waals surface area (Å²) in [5, 5.41) is 42.6. The van der Waals surface area contributed by atoms with Crippen LogP contribution in [-0.4, -0.2) is 121 Å². The molecule has 0 aromatic rings. The summed E-state index contributed by atoms with van der Waals surface area (Å²) in [5.74, 6) is -0.126. The number of nitrogens with zero attached hydrogens (tertiary/aromatic N) is 2. The number of ketones is 1. The molecule has 0 spiro atoms. The molecule has 0 aliphatic heterocycles. The molecule has 4 unspecified atom stereocenters. The summed E-state index contributed by atoms with van der Waals surface area (Å²) in [5.41, 5.74) is 0. The van der Waals surface area contributed by atoms with Gasteiger partial charge in [0.15, 0.2) is 5.12 Å². The summed E-state index contributed by atoms with van der Waals surface area (Å²) in [6.45, 7) is 10.9. The van der Waals surface area contributed by atoms with E-state index in [1.54, 1.807) is 0 Å². The Labute approximate surface area is 442 Å². The van der Waals surface area contributed by atoms with E-state index in [9.17, 15) is 34.8 Å². The first-order valence-corrected chi connectivity index (χ1v) is 29.7. The van der Waals surface area contributed by atoms with Crippen molar-refractivity contribution in [1.29, 1.82) is 0 Å². The molecule has 0 fully saturated rings. The van der Waals surface area contributed by atoms with Crippen molar-refractivity contribution in [3.8, 4) is 0 Å². The predicted octanol–water partition coefficient (Wildman–Crippen LogP) is 13.4. The van der Waals surface area contributed by atoms with Crippen LogP contribution >= 0.6 is 23.5 Å². The van der Waals surface area contributed by atoms with Gasteiger partial charge in [-0.15, -0.1) is 0 Å². The molecule has 4 N–H and O–H groups in total. The van der Waals surface area contributed by atoms with E-state index in [0.29, 0.717) is 70.7 Å². The molecule has 0 aliphatic carbocycles. The van der Waals surface area contributed by atoms with E-state index < -0.39 is 46.9 Å². The number of hydrogen-bond donors (Lipinski definition) is 4. The number of rotatable bonds is 49. The van der Waals surface area contributed by atoms with Crippen LogP contribution in [0.2, 0.25) is 0 Å². The van der Waals surface area contributed by atoms with Gasteiger partial charge in [0.2, 0.25) is 5.78 Å². The summed E-state index contributed by atoms with van der Waals surface area (Å²) in [6.07, 6.45) is 54.5. The average Bonchev–Trinajstić information content (AvgIpc) is 3.34. The minimum absolute atomic E-state index is 0.276. The Bertz CT molecular complexity index is 1440. The Morgan fingerprint density at radius 2 is 0.676 bits per heavy atom. The number of hydrogen-bond acceptors (Lipinski definition) is 11. The van der Waals surface area contributed by atoms with Gasteiger partial charge in [-0.3, -0.25) is 24.2 Å². The third kappa shape index (κ3) is 48.1. The van der Waals surface area contributed by atoms with Gasteiger partial charge in [0.05, 0.1) is 30.8 Å². The maximum atomic E-state index is 13.0. The number of Topliss-reactive ketones (excluding diaryl/α,β-unsaturated/α-hetero) is 1. The van der Waals surface area contributed by atoms with Crippen molar-refractivity contribution in [1.82, 2.24) is 9.80 Å². The van der Waals surface area contributed by atoms with Crippen molar-refractivity contribution in [3.63, 3.8) is 0 Å². The smallest absolute Gasteiger partial charge is 0.255 e. The van der Waals surface area contributed by atoms with Crippen molar-refractivity contribution in [2.75, 3.05) is 50.8 Å². The lowest BCUT2D eigenvalue weighted by Gasteiger charge is -2.26. The van der Waals surface area contributed by atoms with Crippen LogP contribution in [-0.2, 0) is 14.4 Å². The maximum absolute atomic E-state index is 13.0. The van der Waals surface area contributed by atoms with Crippen molar-refractivity contribution in [3.05, 3.63) is 97.2 Å². The largest absolute Gasteiger partial charge is 0.391 e. The zero-order chi connectivity index (χ0) is 52.3. The van der Waals surface area contributed by atoms with Gasteiger partial charge in [-0.05, 0) is 103 Å². The fourth-order valence-corrected chi connectivity index (χ4v) is 9.09. The summed E-state index contributed by atoms with van der Waals surface area (Å²) in [7, 11) is 0. The minimum atomic E-state index is -0.749. The van der Waals surface area contributed by atoms with Crippen LogP contribution in [0.1, 0.15) is 188 Å². The van der Waals surface area contributed by atoms with Crippen LogP contribution in [0.15, 0.2) is 97.2 Å². The van der Waals surface area contributed by atoms with E-state index in [1.165, 1.54) is 77.0 Å². The lowest BCUT2D eigenvalue weighted by molar-refractivity contribution is -0.133. The van der Waals surface area contributed by atoms with E-state index in [4.69, 9.17) is 0 Å². The first-order chi connectivity index (χ1) is 34.6. The molecule has 4 atom stereocenters. The third-order valence-corrected chi connectivity index (χ3v) is 13.4. The second-order valence-corrected chi connectivity index (χ2v) is 21.0. The standard InChI is InChI=1S/C60H102N2O7S2/c1-5-9-13-17-21-25-29-33-37-41-54(63)50-61(51-55(64)42-38-34-30-26-22-18-14-10-6-2)45-47-70-59(68)49-58(67)60(69)71-48-46-62(52-56(65)43-39-35-31-27-23-19-15-11-7-3)53-57(66)44-40-36-32-28-24-20-16-12-8-4/h21-28,33-40,54-57,63-66H,5-20,29-32,41-53H2,1-4H3/b25-21-,26-22-,27-23-,28-24-,37-33-,38-34-,39-35-,40-36-. The van der Waals surface area contributed by atoms with Crippen LogP contribution in [0.5, 0.6) is 0 Å². The van der Waals surface area contributed by atoms with E-state index in [2.05, 4.69) is 101 Å². The highest BCUT2D eigenvalue weighted by Crippen LogP contribution is 2.14. The number of thioether (sulfide) groups is 2. The molecule has 0 bridgehead atoms. The number of carbonyl (C=O) groups is 3. The molecule has 0 radical (unpaired) electrons. The number of aliphatic hydroxyl groups is 4. The molecule has 9 nitrogen and oxygen atoms in total. The Morgan fingerprint density at radius 3 is 0.972 bits per heavy atom. The quantitative estimate of drug-likeness (QED) is 0.0200. The van der Waals surface area contributed by atoms with Gasteiger partial charge < -0.3 is 20.4 Å². The Balaban J connectivity index is 5.30. The predicted molar refractivity (Wildman–Crippen MR) is 308 cm³/mol. The molecule has 0 aromatic carbocycles. The zero-order valence-corrected chi connectivity index (χ0v) is 46.7. The van der Waals surface area contributed by atoms with Crippen LogP contribution in [0.25, 0.3) is 0 Å². The molecule has 0 amide bonds. The lowest BCUT2D eigenvalue weighted by Crippen LogP contribution is -2.39. The number of unbranched alkanes of at least 4 members (excludes halogenated alkanes) is 12. The average molecular weight is 1030 g/mol. The summed E-state index contributed by atoms with van der Waals surface area (Å²) in [4.78, 5) is 42.7. The number of carbonyl (C=O) groups excluding carboxylic acids is 3. The Hall–Kier alpha value is -2.61. The summed E-state index contributed by atoms with van der Waals surface area (Å²) in [6, 6.07) is 0. The highest BCUT2D eigenvalue weighted by molar-refractivity contribution is 8.15. The van der Waals surface area contributed by atoms with Crippen LogP contribution in [0.4, 0.5) is 0 Å². The van der Waals surface area contributed by atoms with Crippen molar-refractivity contribution in [2.45, 2.75) is 213 Å². The van der Waals surface area contributed by atoms with Gasteiger partial charge in [0.1, 0.15) is 0 Å². The van der Waals surface area contributed by atoms with Gasteiger partial charge >= 0.3 is 0 Å². The second kappa shape index (κ2) is 52.3. The summed E-state index contributed by atoms with van der Waals surface area (Å²) < 4.78 is 0. The Morgan fingerprint density at radius 1 is 0.394 bits per heavy atom. The first kappa shape index (κ1) is 68.4. The van der Waals surface area contributed by atoms with Gasteiger partial charge in [0, 0.05) is 50.8 Å². The lowest BCUT2D eigenvalue weighted by atomic mass is 10.1. The Kier molecular flexibility index (Phi) is 50.3. The molecular formula is C60H102N2O7S2. The number of aliphatic hydroxyl groups excluding tert-OH is 4. The monoisotopic (exact) mass is 1030 g/mol. The highest BCUT2D eigenvalue weighted by atomic mass is 32.2. The SMILES string of the molecule is CCCCC/C=C\C/C=C\CC(O)CN(CCSC(=O)CC(=O)C(=O)SCCN(CC(O)C/C=C\C/C=C\CCCCC)CC(O)C/C=C\C/C=C\CCCCC)CC(O)C/C=C\C/C=C\CCCCC. The highest BCUT2D eigenvalue weighted by Gasteiger charge is 2.22. The van der Waals surface area contributed by atoms with E-state index >= 15 is 0 Å². The molecule has 0 aliphatic rings. The molecule has 0 aromatic heterocycles. The maximum Gasteiger partial charge on any atom is 0.255 e. The zero-order valence-electron chi connectivity index (χ0n) is 45.1. The molecule has 0 saturated carbocycles. The second-order valence-electron chi connectivity index (χ2n) is 18.7. The topological polar surface area (TPSA) is 139 Å². The molecule has 0 heterocycles. The summed E-state index contributed by atoms with van der Waals surface area (Å²) >= 11 is 1.86. The number of allylic oxidation sites excluding steroid dienone is 12. The fraction of sp³-hybridized carbons (Fsp3) is 0.683. The van der Waals surface area contributed by atoms with Crippen LogP contribution in [0, 0.1) is 0 Å². The normalized spacial score (nSPS) is 14.5. The van der Waals surface area contributed by atoms with E-state index in [-0.39, 0.29) is 5.75 Å². The van der Waals surface area contributed by atoms with Crippen LogP contribution in [0.3, 0.4) is 0 Å². The third-order valence-electron chi connectivity index (χ3n) is 11.7. The first-order valence-electron chi connectivity index (χ1n) is 27.8. The molecule has 0 saturated heterocycles.